The van der Waals surface area contributed by atoms with Crippen molar-refractivity contribution in [2.75, 3.05) is 0 Å². The molecule has 3 unspecified atom stereocenters. The van der Waals surface area contributed by atoms with Crippen LogP contribution in [0.2, 0.25) is 0 Å². The average Bonchev–Trinajstić information content (AvgIpc) is 2.46. The van der Waals surface area contributed by atoms with Gasteiger partial charge in [0.1, 0.15) is 0 Å². The van der Waals surface area contributed by atoms with Crippen LogP contribution in [0.25, 0.3) is 6.08 Å². The molecule has 0 radical (unpaired) electrons. The fourth-order valence-electron chi connectivity index (χ4n) is 2.97. The van der Waals surface area contributed by atoms with Crippen molar-refractivity contribution in [3.05, 3.63) is 42.0 Å². The number of benzene rings is 1. The van der Waals surface area contributed by atoms with Crippen LogP contribution in [0.1, 0.15) is 33.3 Å². The van der Waals surface area contributed by atoms with Gasteiger partial charge in [0, 0.05) is 5.41 Å². The lowest BCUT2D eigenvalue weighted by atomic mass is 9.75. The summed E-state index contributed by atoms with van der Waals surface area (Å²) in [5.74, 6) is 0.318. The van der Waals surface area contributed by atoms with Gasteiger partial charge in [0.2, 0.25) is 6.29 Å². The van der Waals surface area contributed by atoms with Crippen LogP contribution in [0, 0.1) is 11.3 Å². The number of carbonyl (C=O) groups excluding carboxylic acids is 1. The van der Waals surface area contributed by atoms with Crippen molar-refractivity contribution in [2.45, 2.75) is 46.2 Å². The van der Waals surface area contributed by atoms with Crippen molar-refractivity contribution in [1.82, 2.24) is 0 Å². The summed E-state index contributed by atoms with van der Waals surface area (Å²) in [7, 11) is 0. The zero-order valence-corrected chi connectivity index (χ0v) is 13.2. The molecule has 1 aromatic carbocycles. The van der Waals surface area contributed by atoms with Crippen molar-refractivity contribution >= 4 is 12.4 Å². The van der Waals surface area contributed by atoms with Crippen LogP contribution in [0.5, 0.6) is 0 Å². The smallest absolute Gasteiger partial charge is 0.215 e. The van der Waals surface area contributed by atoms with Gasteiger partial charge in [-0.05, 0) is 11.5 Å². The van der Waals surface area contributed by atoms with Gasteiger partial charge in [0.25, 0.3) is 0 Å². The van der Waals surface area contributed by atoms with E-state index in [-0.39, 0.29) is 17.6 Å². The van der Waals surface area contributed by atoms with Crippen LogP contribution in [-0.4, -0.2) is 24.8 Å². The van der Waals surface area contributed by atoms with Gasteiger partial charge in [0.15, 0.2) is 6.29 Å². The highest BCUT2D eigenvalue weighted by atomic mass is 16.7. The van der Waals surface area contributed by atoms with Crippen molar-refractivity contribution in [3.8, 4) is 0 Å². The predicted octanol–water partition coefficient (Wildman–Crippen LogP) is 3.69. The van der Waals surface area contributed by atoms with E-state index in [9.17, 15) is 4.79 Å². The molecule has 1 aromatic rings. The third-order valence-electron chi connectivity index (χ3n) is 4.01. The van der Waals surface area contributed by atoms with Gasteiger partial charge in [0.05, 0.1) is 12.2 Å². The van der Waals surface area contributed by atoms with E-state index in [1.54, 1.807) is 0 Å². The van der Waals surface area contributed by atoms with Crippen LogP contribution in [-0.2, 0) is 14.3 Å². The Hall–Kier alpha value is -1.45. The molecule has 0 N–H and O–H groups in total. The molecular weight excluding hydrogens is 264 g/mol. The first-order valence-corrected chi connectivity index (χ1v) is 7.44. The van der Waals surface area contributed by atoms with E-state index in [0.29, 0.717) is 5.92 Å². The lowest BCUT2D eigenvalue weighted by Crippen LogP contribution is -2.53. The zero-order valence-electron chi connectivity index (χ0n) is 13.2. The van der Waals surface area contributed by atoms with E-state index >= 15 is 0 Å². The molecule has 114 valence electrons. The summed E-state index contributed by atoms with van der Waals surface area (Å²) < 4.78 is 11.5. The van der Waals surface area contributed by atoms with Crippen LogP contribution in [0.15, 0.2) is 36.4 Å². The SMILES string of the molecule is CC(C)C1OC(C=O)OC(C=Cc2ccccc2)C1(C)C. The fourth-order valence-corrected chi connectivity index (χ4v) is 2.97. The summed E-state index contributed by atoms with van der Waals surface area (Å²) >= 11 is 0. The molecular formula is C18H24O3. The average molecular weight is 288 g/mol. The van der Waals surface area contributed by atoms with Crippen molar-refractivity contribution in [3.63, 3.8) is 0 Å². The van der Waals surface area contributed by atoms with Crippen molar-refractivity contribution in [1.29, 1.82) is 0 Å². The second kappa shape index (κ2) is 6.54. The second-order valence-corrected chi connectivity index (χ2v) is 6.45. The minimum atomic E-state index is -0.782. The summed E-state index contributed by atoms with van der Waals surface area (Å²) in [5, 5.41) is 0. The molecule has 0 saturated carbocycles. The minimum absolute atomic E-state index is 0.0214. The Bertz CT molecular complexity index is 490. The number of rotatable bonds is 4. The topological polar surface area (TPSA) is 35.5 Å². The maximum absolute atomic E-state index is 11.1. The molecule has 3 heteroatoms. The third-order valence-corrected chi connectivity index (χ3v) is 4.01. The summed E-state index contributed by atoms with van der Waals surface area (Å²) in [6, 6.07) is 10.1. The number of hydrogen-bond donors (Lipinski definition) is 0. The molecule has 21 heavy (non-hydrogen) atoms. The lowest BCUT2D eigenvalue weighted by Gasteiger charge is -2.47. The molecule has 0 aromatic heterocycles. The first-order valence-electron chi connectivity index (χ1n) is 7.44. The molecule has 1 heterocycles. The first-order chi connectivity index (χ1) is 9.95. The number of aldehydes is 1. The highest BCUT2D eigenvalue weighted by Crippen LogP contribution is 2.40. The van der Waals surface area contributed by atoms with Gasteiger partial charge < -0.3 is 9.47 Å². The lowest BCUT2D eigenvalue weighted by molar-refractivity contribution is -0.273. The largest absolute Gasteiger partial charge is 0.342 e. The predicted molar refractivity (Wildman–Crippen MR) is 83.7 cm³/mol. The quantitative estimate of drug-likeness (QED) is 0.793. The van der Waals surface area contributed by atoms with Gasteiger partial charge in [-0.1, -0.05) is 70.2 Å². The van der Waals surface area contributed by atoms with Gasteiger partial charge in [-0.25, -0.2) is 0 Å². The molecule has 3 nitrogen and oxygen atoms in total. The van der Waals surface area contributed by atoms with Crippen LogP contribution < -0.4 is 0 Å². The zero-order chi connectivity index (χ0) is 15.5. The molecule has 3 atom stereocenters. The van der Waals surface area contributed by atoms with E-state index in [1.165, 1.54) is 0 Å². The summed E-state index contributed by atoms with van der Waals surface area (Å²) in [6.45, 7) is 8.46. The number of ether oxygens (including phenoxy) is 2. The summed E-state index contributed by atoms with van der Waals surface area (Å²) in [5.41, 5.74) is 0.922. The summed E-state index contributed by atoms with van der Waals surface area (Å²) in [4.78, 5) is 11.1. The maximum atomic E-state index is 11.1. The van der Waals surface area contributed by atoms with Gasteiger partial charge in [-0.2, -0.15) is 0 Å². The molecule has 0 aliphatic carbocycles. The Labute approximate surface area is 127 Å². The maximum Gasteiger partial charge on any atom is 0.215 e. The van der Waals surface area contributed by atoms with E-state index in [1.807, 2.05) is 42.5 Å². The van der Waals surface area contributed by atoms with Gasteiger partial charge in [-0.15, -0.1) is 0 Å². The minimum Gasteiger partial charge on any atom is -0.342 e. The highest BCUT2D eigenvalue weighted by Gasteiger charge is 2.45. The molecule has 0 spiro atoms. The fraction of sp³-hybridized carbons (Fsp3) is 0.500. The molecule has 1 aliphatic rings. The third kappa shape index (κ3) is 3.60. The Morgan fingerprint density at radius 3 is 2.38 bits per heavy atom. The molecule has 0 bridgehead atoms. The Balaban J connectivity index is 2.22. The van der Waals surface area contributed by atoms with E-state index in [0.717, 1.165) is 11.8 Å². The normalized spacial score (nSPS) is 28.9. The Morgan fingerprint density at radius 2 is 1.81 bits per heavy atom. The Kier molecular flexibility index (Phi) is 4.96. The van der Waals surface area contributed by atoms with Crippen LogP contribution in [0.3, 0.4) is 0 Å². The summed E-state index contributed by atoms with van der Waals surface area (Å²) in [6.07, 6.45) is 3.84. The molecule has 2 rings (SSSR count). The monoisotopic (exact) mass is 288 g/mol. The molecule has 1 aliphatic heterocycles. The highest BCUT2D eigenvalue weighted by molar-refractivity contribution is 5.55. The number of carbonyl (C=O) groups is 1. The second-order valence-electron chi connectivity index (χ2n) is 6.45. The molecule has 0 amide bonds. The van der Waals surface area contributed by atoms with Crippen molar-refractivity contribution < 1.29 is 14.3 Å². The molecule has 1 saturated heterocycles. The van der Waals surface area contributed by atoms with Crippen LogP contribution in [0.4, 0.5) is 0 Å². The Morgan fingerprint density at radius 1 is 1.14 bits per heavy atom. The van der Waals surface area contributed by atoms with E-state index in [2.05, 4.69) is 27.7 Å². The molecule has 1 fully saturated rings. The van der Waals surface area contributed by atoms with E-state index < -0.39 is 6.29 Å². The van der Waals surface area contributed by atoms with E-state index in [4.69, 9.17) is 9.47 Å². The standard InChI is InChI=1S/C18H24O3/c1-13(2)17-18(3,4)15(20-16(12-19)21-17)11-10-14-8-6-5-7-9-14/h5-13,15-17H,1-4H3. The first kappa shape index (κ1) is 15.9. The van der Waals surface area contributed by atoms with Crippen molar-refractivity contribution in [2.24, 2.45) is 11.3 Å². The van der Waals surface area contributed by atoms with Gasteiger partial charge in [-0.3, -0.25) is 4.79 Å². The van der Waals surface area contributed by atoms with Gasteiger partial charge >= 0.3 is 0 Å². The number of hydrogen-bond acceptors (Lipinski definition) is 3. The van der Waals surface area contributed by atoms with Crippen LogP contribution >= 0.6 is 0 Å².